The molecule has 6 heteroatoms. The van der Waals surface area contributed by atoms with Gasteiger partial charge in [-0.3, -0.25) is 0 Å². The zero-order valence-corrected chi connectivity index (χ0v) is 11.6. The van der Waals surface area contributed by atoms with Crippen molar-refractivity contribution in [2.24, 2.45) is 0 Å². The molecule has 1 saturated heterocycles. The van der Waals surface area contributed by atoms with Gasteiger partial charge in [0.2, 0.25) is 5.89 Å². The molecule has 20 heavy (non-hydrogen) atoms. The van der Waals surface area contributed by atoms with Gasteiger partial charge in [-0.25, -0.2) is 0 Å². The Balaban J connectivity index is 1.66. The molecule has 106 valence electrons. The molecule has 1 aromatic carbocycles. The van der Waals surface area contributed by atoms with Crippen LogP contribution in [0, 0.1) is 0 Å². The van der Waals surface area contributed by atoms with E-state index in [2.05, 4.69) is 27.0 Å². The highest BCUT2D eigenvalue weighted by atomic mass is 16.5. The van der Waals surface area contributed by atoms with Gasteiger partial charge in [0.05, 0.1) is 6.42 Å². The van der Waals surface area contributed by atoms with Crippen LogP contribution in [0.15, 0.2) is 28.8 Å². The molecular weight excluding hydrogens is 254 g/mol. The van der Waals surface area contributed by atoms with E-state index >= 15 is 0 Å². The van der Waals surface area contributed by atoms with Gasteiger partial charge in [-0.05, 0) is 29.9 Å². The highest BCUT2D eigenvalue weighted by Crippen LogP contribution is 2.15. The third-order valence-corrected chi connectivity index (χ3v) is 3.58. The molecule has 1 aromatic heterocycles. The first-order valence-electron chi connectivity index (χ1n) is 6.81. The standard InChI is InChI=1S/C14H19N5O/c1-18-6-8-19(9-7-18)14-16-13(20-17-14)10-11-2-4-12(15)5-3-11/h2-5H,6-10,15H2,1H3. The van der Waals surface area contributed by atoms with Crippen LogP contribution in [0.4, 0.5) is 11.6 Å². The van der Waals surface area contributed by atoms with Crippen molar-refractivity contribution in [2.75, 3.05) is 43.9 Å². The van der Waals surface area contributed by atoms with Crippen LogP contribution in [0.25, 0.3) is 0 Å². The van der Waals surface area contributed by atoms with Crippen LogP contribution in [0.1, 0.15) is 11.5 Å². The van der Waals surface area contributed by atoms with Gasteiger partial charge in [-0.1, -0.05) is 12.1 Å². The number of nitrogens with zero attached hydrogens (tertiary/aromatic N) is 4. The first-order chi connectivity index (χ1) is 9.70. The van der Waals surface area contributed by atoms with Crippen molar-refractivity contribution in [1.82, 2.24) is 15.0 Å². The van der Waals surface area contributed by atoms with Crippen LogP contribution >= 0.6 is 0 Å². The second-order valence-electron chi connectivity index (χ2n) is 5.20. The predicted molar refractivity (Wildman–Crippen MR) is 77.7 cm³/mol. The number of piperazine rings is 1. The van der Waals surface area contributed by atoms with Gasteiger partial charge >= 0.3 is 0 Å². The topological polar surface area (TPSA) is 71.4 Å². The summed E-state index contributed by atoms with van der Waals surface area (Å²) in [4.78, 5) is 8.94. The first kappa shape index (κ1) is 12.9. The summed E-state index contributed by atoms with van der Waals surface area (Å²) in [6, 6.07) is 7.73. The molecule has 0 aliphatic carbocycles. The van der Waals surface area contributed by atoms with Crippen molar-refractivity contribution < 1.29 is 4.52 Å². The lowest BCUT2D eigenvalue weighted by atomic mass is 10.1. The van der Waals surface area contributed by atoms with Crippen LogP contribution in [0.5, 0.6) is 0 Å². The molecular formula is C14H19N5O. The smallest absolute Gasteiger partial charge is 0.266 e. The van der Waals surface area contributed by atoms with E-state index < -0.39 is 0 Å². The summed E-state index contributed by atoms with van der Waals surface area (Å²) in [6.07, 6.45) is 0.640. The summed E-state index contributed by atoms with van der Waals surface area (Å²) in [7, 11) is 2.13. The highest BCUT2D eigenvalue weighted by molar-refractivity contribution is 5.40. The molecule has 0 saturated carbocycles. The van der Waals surface area contributed by atoms with Crippen LogP contribution in [-0.2, 0) is 6.42 Å². The lowest BCUT2D eigenvalue weighted by Crippen LogP contribution is -2.44. The van der Waals surface area contributed by atoms with Crippen LogP contribution in [-0.4, -0.2) is 48.3 Å². The summed E-state index contributed by atoms with van der Waals surface area (Å²) >= 11 is 0. The van der Waals surface area contributed by atoms with Gasteiger partial charge in [0.1, 0.15) is 0 Å². The van der Waals surface area contributed by atoms with Gasteiger partial charge in [0, 0.05) is 31.9 Å². The second kappa shape index (κ2) is 5.50. The molecule has 1 fully saturated rings. The van der Waals surface area contributed by atoms with E-state index in [0.29, 0.717) is 18.3 Å². The Morgan fingerprint density at radius 1 is 1.15 bits per heavy atom. The van der Waals surface area contributed by atoms with Crippen LogP contribution in [0.2, 0.25) is 0 Å². The summed E-state index contributed by atoms with van der Waals surface area (Å²) in [5.74, 6) is 1.34. The number of likely N-dealkylation sites (N-methyl/N-ethyl adjacent to an activating group) is 1. The van der Waals surface area contributed by atoms with Gasteiger partial charge in [-0.2, -0.15) is 4.98 Å². The lowest BCUT2D eigenvalue weighted by Gasteiger charge is -2.31. The minimum absolute atomic E-state index is 0.640. The monoisotopic (exact) mass is 273 g/mol. The minimum atomic E-state index is 0.640. The Hall–Kier alpha value is -2.08. The number of rotatable bonds is 3. The largest absolute Gasteiger partial charge is 0.399 e. The average Bonchev–Trinajstić information content (AvgIpc) is 2.91. The normalized spacial score (nSPS) is 16.6. The highest BCUT2D eigenvalue weighted by Gasteiger charge is 2.19. The van der Waals surface area contributed by atoms with Crippen molar-refractivity contribution in [2.45, 2.75) is 6.42 Å². The molecule has 0 atom stereocenters. The number of nitrogen functional groups attached to an aromatic ring is 1. The molecule has 3 rings (SSSR count). The zero-order chi connectivity index (χ0) is 13.9. The van der Waals surface area contributed by atoms with E-state index in [4.69, 9.17) is 10.3 Å². The van der Waals surface area contributed by atoms with E-state index in [1.54, 1.807) is 0 Å². The number of hydrogen-bond acceptors (Lipinski definition) is 6. The number of aromatic nitrogens is 2. The Kier molecular flexibility index (Phi) is 3.56. The lowest BCUT2D eigenvalue weighted by molar-refractivity contribution is 0.308. The van der Waals surface area contributed by atoms with E-state index in [-0.39, 0.29) is 0 Å². The van der Waals surface area contributed by atoms with Crippen molar-refractivity contribution in [3.8, 4) is 0 Å². The fraction of sp³-hybridized carbons (Fsp3) is 0.429. The molecule has 0 spiro atoms. The molecule has 0 amide bonds. The van der Waals surface area contributed by atoms with Crippen molar-refractivity contribution in [1.29, 1.82) is 0 Å². The maximum Gasteiger partial charge on any atom is 0.266 e. The van der Waals surface area contributed by atoms with E-state index in [9.17, 15) is 0 Å². The van der Waals surface area contributed by atoms with Gasteiger partial charge in [0.25, 0.3) is 5.95 Å². The summed E-state index contributed by atoms with van der Waals surface area (Å²) in [6.45, 7) is 3.94. The van der Waals surface area contributed by atoms with Crippen molar-refractivity contribution in [3.05, 3.63) is 35.7 Å². The molecule has 1 aliphatic heterocycles. The third-order valence-electron chi connectivity index (χ3n) is 3.58. The first-order valence-corrected chi connectivity index (χ1v) is 6.81. The third kappa shape index (κ3) is 2.91. The van der Waals surface area contributed by atoms with E-state index in [0.717, 1.165) is 37.4 Å². The number of benzene rings is 1. The fourth-order valence-electron chi connectivity index (χ4n) is 2.26. The Bertz CT molecular complexity index is 557. The van der Waals surface area contributed by atoms with E-state index in [1.165, 1.54) is 0 Å². The molecule has 6 nitrogen and oxygen atoms in total. The minimum Gasteiger partial charge on any atom is -0.399 e. The Morgan fingerprint density at radius 2 is 1.85 bits per heavy atom. The molecule has 0 unspecified atom stereocenters. The van der Waals surface area contributed by atoms with Gasteiger partial charge in [0.15, 0.2) is 0 Å². The van der Waals surface area contributed by atoms with E-state index in [1.807, 2.05) is 24.3 Å². The Labute approximate surface area is 118 Å². The fourth-order valence-corrected chi connectivity index (χ4v) is 2.26. The van der Waals surface area contributed by atoms with Crippen molar-refractivity contribution >= 4 is 11.6 Å². The SMILES string of the molecule is CN1CCN(c2noc(Cc3ccc(N)cc3)n2)CC1. The average molecular weight is 273 g/mol. The second-order valence-corrected chi connectivity index (χ2v) is 5.20. The van der Waals surface area contributed by atoms with Crippen LogP contribution < -0.4 is 10.6 Å². The Morgan fingerprint density at radius 3 is 2.55 bits per heavy atom. The number of nitrogens with two attached hydrogens (primary N) is 1. The molecule has 2 heterocycles. The predicted octanol–water partition coefficient (Wildman–Crippen LogP) is 0.994. The summed E-state index contributed by atoms with van der Waals surface area (Å²) in [5, 5.41) is 4.08. The van der Waals surface area contributed by atoms with Gasteiger partial charge in [-0.15, -0.1) is 0 Å². The molecule has 2 aromatic rings. The maximum absolute atomic E-state index is 5.67. The van der Waals surface area contributed by atoms with Crippen molar-refractivity contribution in [3.63, 3.8) is 0 Å². The summed E-state index contributed by atoms with van der Waals surface area (Å²) in [5.41, 5.74) is 7.55. The molecule has 1 aliphatic rings. The zero-order valence-electron chi connectivity index (χ0n) is 11.6. The summed E-state index contributed by atoms with van der Waals surface area (Å²) < 4.78 is 5.33. The molecule has 2 N–H and O–H groups in total. The quantitative estimate of drug-likeness (QED) is 0.841. The molecule has 0 bridgehead atoms. The van der Waals surface area contributed by atoms with Gasteiger partial charge < -0.3 is 20.1 Å². The number of anilines is 2. The molecule has 0 radical (unpaired) electrons. The maximum atomic E-state index is 5.67. The van der Waals surface area contributed by atoms with Crippen LogP contribution in [0.3, 0.4) is 0 Å². The number of hydrogen-bond donors (Lipinski definition) is 1.